The lowest BCUT2D eigenvalue weighted by Gasteiger charge is -2.15. The van der Waals surface area contributed by atoms with Gasteiger partial charge in [-0.2, -0.15) is 0 Å². The maximum Gasteiger partial charge on any atom is 0.213 e. The van der Waals surface area contributed by atoms with Gasteiger partial charge in [0.2, 0.25) is 5.88 Å². The third kappa shape index (κ3) is 3.98. The summed E-state index contributed by atoms with van der Waals surface area (Å²) in [5.74, 6) is 0.687. The zero-order valence-corrected chi connectivity index (χ0v) is 10.4. The molecule has 17 heavy (non-hydrogen) atoms. The zero-order chi connectivity index (χ0) is 11.9. The molecule has 4 heteroatoms. The number of hydrogen-bond acceptors (Lipinski definition) is 4. The molecule has 0 bridgehead atoms. The van der Waals surface area contributed by atoms with Gasteiger partial charge in [0.25, 0.3) is 0 Å². The van der Waals surface area contributed by atoms with Gasteiger partial charge in [0.05, 0.1) is 7.11 Å². The average Bonchev–Trinajstić information content (AvgIpc) is 2.65. The van der Waals surface area contributed by atoms with Crippen LogP contribution < -0.4 is 15.4 Å². The monoisotopic (exact) mass is 235 g/mol. The third-order valence-electron chi connectivity index (χ3n) is 3.18. The number of nitrogens with zero attached hydrogens (tertiary/aromatic N) is 1. The summed E-state index contributed by atoms with van der Waals surface area (Å²) in [6.45, 7) is 3.17. The Morgan fingerprint density at radius 1 is 1.47 bits per heavy atom. The fourth-order valence-electron chi connectivity index (χ4n) is 2.16. The lowest BCUT2D eigenvalue weighted by atomic mass is 10.1. The second-order valence-corrected chi connectivity index (χ2v) is 4.47. The number of pyridine rings is 1. The van der Waals surface area contributed by atoms with Crippen LogP contribution >= 0.6 is 0 Å². The summed E-state index contributed by atoms with van der Waals surface area (Å²) in [7, 11) is 1.65. The van der Waals surface area contributed by atoms with Crippen molar-refractivity contribution in [3.8, 4) is 5.88 Å². The van der Waals surface area contributed by atoms with Gasteiger partial charge in [0.1, 0.15) is 0 Å². The van der Waals surface area contributed by atoms with Gasteiger partial charge < -0.3 is 15.4 Å². The van der Waals surface area contributed by atoms with Gasteiger partial charge in [0.15, 0.2) is 0 Å². The van der Waals surface area contributed by atoms with E-state index in [-0.39, 0.29) is 0 Å². The molecule has 2 N–H and O–H groups in total. The van der Waals surface area contributed by atoms with E-state index >= 15 is 0 Å². The van der Waals surface area contributed by atoms with Gasteiger partial charge in [-0.3, -0.25) is 0 Å². The Bertz CT molecular complexity index is 335. The molecular formula is C13H21N3O. The van der Waals surface area contributed by atoms with E-state index in [9.17, 15) is 0 Å². The molecule has 0 spiro atoms. The SMILES string of the molecule is COc1cc(CNC2CCCNCC2)ccn1. The molecule has 0 radical (unpaired) electrons. The van der Waals surface area contributed by atoms with Crippen molar-refractivity contribution < 1.29 is 4.74 Å². The van der Waals surface area contributed by atoms with Gasteiger partial charge in [0, 0.05) is 24.8 Å². The average molecular weight is 235 g/mol. The summed E-state index contributed by atoms with van der Waals surface area (Å²) in [4.78, 5) is 4.11. The first-order valence-electron chi connectivity index (χ1n) is 6.31. The number of nitrogens with one attached hydrogen (secondary N) is 2. The molecule has 1 saturated heterocycles. The van der Waals surface area contributed by atoms with Crippen molar-refractivity contribution in [3.05, 3.63) is 23.9 Å². The second kappa shape index (κ2) is 6.57. The molecule has 0 aromatic carbocycles. The zero-order valence-electron chi connectivity index (χ0n) is 10.4. The number of rotatable bonds is 4. The molecule has 2 heterocycles. The first kappa shape index (κ1) is 12.3. The Morgan fingerprint density at radius 3 is 3.29 bits per heavy atom. The summed E-state index contributed by atoms with van der Waals surface area (Å²) >= 11 is 0. The van der Waals surface area contributed by atoms with Gasteiger partial charge in [-0.1, -0.05) is 0 Å². The molecule has 0 amide bonds. The fraction of sp³-hybridized carbons (Fsp3) is 0.615. The molecule has 0 saturated carbocycles. The van der Waals surface area contributed by atoms with E-state index in [4.69, 9.17) is 4.74 Å². The van der Waals surface area contributed by atoms with Crippen molar-refractivity contribution in [2.24, 2.45) is 0 Å². The van der Waals surface area contributed by atoms with E-state index in [0.29, 0.717) is 11.9 Å². The fourth-order valence-corrected chi connectivity index (χ4v) is 2.16. The Balaban J connectivity index is 1.83. The van der Waals surface area contributed by atoms with Crippen LogP contribution in [-0.4, -0.2) is 31.2 Å². The first-order chi connectivity index (χ1) is 8.38. The summed E-state index contributed by atoms with van der Waals surface area (Å²) in [6, 6.07) is 4.65. The van der Waals surface area contributed by atoms with Crippen LogP contribution in [0.1, 0.15) is 24.8 Å². The Labute approximate surface area is 103 Å². The summed E-state index contributed by atoms with van der Waals surface area (Å²) in [5, 5.41) is 7.03. The predicted molar refractivity (Wildman–Crippen MR) is 68.1 cm³/mol. The van der Waals surface area contributed by atoms with Gasteiger partial charge >= 0.3 is 0 Å². The van der Waals surface area contributed by atoms with Crippen LogP contribution in [-0.2, 0) is 6.54 Å². The van der Waals surface area contributed by atoms with Gasteiger partial charge in [-0.05, 0) is 44.0 Å². The third-order valence-corrected chi connectivity index (χ3v) is 3.18. The lowest BCUT2D eigenvalue weighted by molar-refractivity contribution is 0.396. The van der Waals surface area contributed by atoms with Crippen LogP contribution in [0.3, 0.4) is 0 Å². The molecule has 1 aromatic heterocycles. The Hall–Kier alpha value is -1.13. The standard InChI is InChI=1S/C13H21N3O/c1-17-13-9-11(4-8-15-13)10-16-12-3-2-6-14-7-5-12/h4,8-9,12,14,16H,2-3,5-7,10H2,1H3. The van der Waals surface area contributed by atoms with Crippen molar-refractivity contribution in [2.75, 3.05) is 20.2 Å². The highest BCUT2D eigenvalue weighted by Gasteiger charge is 2.10. The molecule has 1 aliphatic heterocycles. The number of methoxy groups -OCH3 is 1. The van der Waals surface area contributed by atoms with E-state index < -0.39 is 0 Å². The highest BCUT2D eigenvalue weighted by Crippen LogP contribution is 2.10. The molecule has 1 aliphatic rings. The Kier molecular flexibility index (Phi) is 4.76. The molecule has 1 atom stereocenters. The van der Waals surface area contributed by atoms with Crippen LogP contribution in [0.2, 0.25) is 0 Å². The van der Waals surface area contributed by atoms with Gasteiger partial charge in [-0.15, -0.1) is 0 Å². The van der Waals surface area contributed by atoms with Crippen molar-refractivity contribution in [3.63, 3.8) is 0 Å². The van der Waals surface area contributed by atoms with Crippen LogP contribution in [0, 0.1) is 0 Å². The quantitative estimate of drug-likeness (QED) is 0.826. The largest absolute Gasteiger partial charge is 0.481 e. The van der Waals surface area contributed by atoms with Gasteiger partial charge in [-0.25, -0.2) is 4.98 Å². The maximum atomic E-state index is 5.12. The molecular weight excluding hydrogens is 214 g/mol. The summed E-state index contributed by atoms with van der Waals surface area (Å²) in [5.41, 5.74) is 1.23. The minimum atomic E-state index is 0.629. The molecule has 0 aliphatic carbocycles. The lowest BCUT2D eigenvalue weighted by Crippen LogP contribution is -2.29. The molecule has 1 unspecified atom stereocenters. The molecule has 94 valence electrons. The number of ether oxygens (including phenoxy) is 1. The summed E-state index contributed by atoms with van der Waals surface area (Å²) in [6.07, 6.45) is 5.53. The van der Waals surface area contributed by atoms with Crippen molar-refractivity contribution >= 4 is 0 Å². The van der Waals surface area contributed by atoms with E-state index in [1.165, 1.54) is 24.8 Å². The number of aromatic nitrogens is 1. The van der Waals surface area contributed by atoms with Crippen LogP contribution in [0.25, 0.3) is 0 Å². The van der Waals surface area contributed by atoms with E-state index in [2.05, 4.69) is 15.6 Å². The van der Waals surface area contributed by atoms with Crippen LogP contribution in [0.15, 0.2) is 18.3 Å². The van der Waals surface area contributed by atoms with E-state index in [1.54, 1.807) is 13.3 Å². The van der Waals surface area contributed by atoms with Crippen LogP contribution in [0.5, 0.6) is 5.88 Å². The topological polar surface area (TPSA) is 46.2 Å². The van der Waals surface area contributed by atoms with Crippen molar-refractivity contribution in [1.29, 1.82) is 0 Å². The van der Waals surface area contributed by atoms with E-state index in [0.717, 1.165) is 19.6 Å². The highest BCUT2D eigenvalue weighted by molar-refractivity contribution is 5.20. The molecule has 4 nitrogen and oxygen atoms in total. The Morgan fingerprint density at radius 2 is 2.41 bits per heavy atom. The minimum absolute atomic E-state index is 0.629. The molecule has 2 rings (SSSR count). The summed E-state index contributed by atoms with van der Waals surface area (Å²) < 4.78 is 5.12. The molecule has 1 aromatic rings. The predicted octanol–water partition coefficient (Wildman–Crippen LogP) is 1.32. The minimum Gasteiger partial charge on any atom is -0.481 e. The number of hydrogen-bond donors (Lipinski definition) is 2. The van der Waals surface area contributed by atoms with E-state index in [1.807, 2.05) is 12.1 Å². The van der Waals surface area contributed by atoms with Crippen molar-refractivity contribution in [1.82, 2.24) is 15.6 Å². The highest BCUT2D eigenvalue weighted by atomic mass is 16.5. The van der Waals surface area contributed by atoms with Crippen molar-refractivity contribution in [2.45, 2.75) is 31.8 Å². The van der Waals surface area contributed by atoms with Crippen LogP contribution in [0.4, 0.5) is 0 Å². The first-order valence-corrected chi connectivity index (χ1v) is 6.31. The maximum absolute atomic E-state index is 5.12. The smallest absolute Gasteiger partial charge is 0.213 e. The second-order valence-electron chi connectivity index (χ2n) is 4.47. The normalized spacial score (nSPS) is 20.9. The molecule has 1 fully saturated rings.